The van der Waals surface area contributed by atoms with Crippen LogP contribution in [0.2, 0.25) is 0 Å². The zero-order valence-electron chi connectivity index (χ0n) is 18.7. The molecule has 0 saturated carbocycles. The molecule has 3 atom stereocenters. The third kappa shape index (κ3) is 12.4. The van der Waals surface area contributed by atoms with E-state index < -0.39 is 48.4 Å². The second kappa shape index (κ2) is 14.2. The van der Waals surface area contributed by atoms with Crippen molar-refractivity contribution in [3.63, 3.8) is 0 Å². The Morgan fingerprint density at radius 2 is 1.61 bits per heavy atom. The number of carboxylic acid groups (broad SMARTS) is 1. The number of amides is 3. The fourth-order valence-corrected chi connectivity index (χ4v) is 2.69. The number of aliphatic carboxylic acids is 1. The Hall–Kier alpha value is -2.89. The Morgan fingerprint density at radius 1 is 1.00 bits per heavy atom. The van der Waals surface area contributed by atoms with Crippen LogP contribution in [0.3, 0.4) is 0 Å². The first-order valence-corrected chi connectivity index (χ1v) is 10.3. The third-order valence-corrected chi connectivity index (χ3v) is 4.31. The summed E-state index contributed by atoms with van der Waals surface area (Å²) < 4.78 is 0. The Bertz CT molecular complexity index is 648. The molecule has 0 aliphatic rings. The van der Waals surface area contributed by atoms with Gasteiger partial charge in [-0.2, -0.15) is 0 Å². The zero-order chi connectivity index (χ0) is 24.1. The second-order valence-corrected chi connectivity index (χ2v) is 8.09. The number of nitrogens with zero attached hydrogens (tertiary/aromatic N) is 1. The molecule has 3 unspecified atom stereocenters. The smallest absolute Gasteiger partial charge is 0.326 e. The highest BCUT2D eigenvalue weighted by Gasteiger charge is 2.27. The highest BCUT2D eigenvalue weighted by atomic mass is 16.4. The molecule has 178 valence electrons. The van der Waals surface area contributed by atoms with Gasteiger partial charge in [-0.1, -0.05) is 27.7 Å². The van der Waals surface area contributed by atoms with Gasteiger partial charge in [0.25, 0.3) is 0 Å². The molecule has 12 nitrogen and oxygen atoms in total. The fraction of sp³-hybridized carbons (Fsp3) is 0.737. The van der Waals surface area contributed by atoms with Gasteiger partial charge in [0, 0.05) is 6.54 Å². The quantitative estimate of drug-likeness (QED) is 0.0924. The van der Waals surface area contributed by atoms with Crippen LogP contribution in [0.25, 0.3) is 0 Å². The molecule has 0 aromatic carbocycles. The number of hydrogen-bond acceptors (Lipinski definition) is 6. The fourth-order valence-electron chi connectivity index (χ4n) is 2.69. The van der Waals surface area contributed by atoms with E-state index in [9.17, 15) is 24.3 Å². The Morgan fingerprint density at radius 3 is 2.10 bits per heavy atom. The minimum absolute atomic E-state index is 0.101. The zero-order valence-corrected chi connectivity index (χ0v) is 18.7. The summed E-state index contributed by atoms with van der Waals surface area (Å²) >= 11 is 0. The van der Waals surface area contributed by atoms with Gasteiger partial charge in [0.1, 0.15) is 12.1 Å². The number of nitrogens with two attached hydrogens (primary N) is 3. The molecular formula is C19H37N7O5. The summed E-state index contributed by atoms with van der Waals surface area (Å²) in [5, 5.41) is 16.6. The van der Waals surface area contributed by atoms with E-state index in [0.717, 1.165) is 0 Å². The molecule has 0 aromatic heterocycles. The molecule has 0 heterocycles. The number of rotatable bonds is 14. The van der Waals surface area contributed by atoms with Crippen LogP contribution in [0, 0.1) is 11.8 Å². The summed E-state index contributed by atoms with van der Waals surface area (Å²) in [4.78, 5) is 51.8. The summed E-state index contributed by atoms with van der Waals surface area (Å²) in [6.07, 6.45) is 0.935. The van der Waals surface area contributed by atoms with Crippen molar-refractivity contribution in [1.82, 2.24) is 16.0 Å². The largest absolute Gasteiger partial charge is 0.480 e. The molecule has 31 heavy (non-hydrogen) atoms. The average Bonchev–Trinajstić information content (AvgIpc) is 2.64. The van der Waals surface area contributed by atoms with E-state index in [1.807, 2.05) is 13.8 Å². The normalized spacial score (nSPS) is 13.8. The van der Waals surface area contributed by atoms with E-state index in [0.29, 0.717) is 12.8 Å². The predicted molar refractivity (Wildman–Crippen MR) is 117 cm³/mol. The topological polar surface area (TPSA) is 215 Å². The first-order valence-electron chi connectivity index (χ1n) is 10.3. The van der Waals surface area contributed by atoms with Crippen LogP contribution >= 0.6 is 0 Å². The van der Waals surface area contributed by atoms with Crippen molar-refractivity contribution >= 4 is 29.7 Å². The third-order valence-electron chi connectivity index (χ3n) is 4.31. The van der Waals surface area contributed by atoms with Crippen LogP contribution in [-0.2, 0) is 19.2 Å². The molecule has 0 aromatic rings. The highest BCUT2D eigenvalue weighted by Crippen LogP contribution is 2.06. The molecule has 3 amide bonds. The average molecular weight is 444 g/mol. The molecular weight excluding hydrogens is 406 g/mol. The minimum Gasteiger partial charge on any atom is -0.480 e. The van der Waals surface area contributed by atoms with Gasteiger partial charge in [0.15, 0.2) is 5.96 Å². The van der Waals surface area contributed by atoms with Crippen LogP contribution in [-0.4, -0.2) is 66.0 Å². The van der Waals surface area contributed by atoms with E-state index in [-0.39, 0.29) is 30.8 Å². The number of nitrogens with one attached hydrogen (secondary N) is 3. The number of aliphatic imine (C=N–C) groups is 1. The Kier molecular flexibility index (Phi) is 12.9. The molecule has 0 aliphatic heterocycles. The summed E-state index contributed by atoms with van der Waals surface area (Å²) in [6.45, 7) is 7.15. The number of carbonyl (C=O) groups excluding carboxylic acids is 3. The molecule has 0 rings (SSSR count). The lowest BCUT2D eigenvalue weighted by Gasteiger charge is -2.24. The van der Waals surface area contributed by atoms with Gasteiger partial charge in [-0.3, -0.25) is 19.4 Å². The maximum absolute atomic E-state index is 12.5. The molecule has 0 bridgehead atoms. The number of carboxylic acids is 1. The highest BCUT2D eigenvalue weighted by molar-refractivity contribution is 5.92. The van der Waals surface area contributed by atoms with Crippen molar-refractivity contribution in [2.24, 2.45) is 34.0 Å². The minimum atomic E-state index is -1.21. The van der Waals surface area contributed by atoms with Crippen LogP contribution in [0.1, 0.15) is 47.0 Å². The van der Waals surface area contributed by atoms with Crippen LogP contribution in [0.4, 0.5) is 0 Å². The standard InChI is InChI=1S/C19H37N7O5/c1-10(2)8-12(20)16(28)26-15(11(3)4)17(29)24-9-14(27)25-13(18(30)31)6-5-7-23-19(21)22/h10-13,15H,5-9,20H2,1-4H3,(H,24,29)(H,25,27)(H,26,28)(H,30,31)(H4,21,22,23). The van der Waals surface area contributed by atoms with Crippen molar-refractivity contribution in [3.8, 4) is 0 Å². The number of hydrogen-bond donors (Lipinski definition) is 7. The van der Waals surface area contributed by atoms with Gasteiger partial charge in [-0.15, -0.1) is 0 Å². The van der Waals surface area contributed by atoms with Gasteiger partial charge in [0.05, 0.1) is 12.6 Å². The van der Waals surface area contributed by atoms with Gasteiger partial charge >= 0.3 is 5.97 Å². The molecule has 0 aliphatic carbocycles. The molecule has 0 fully saturated rings. The van der Waals surface area contributed by atoms with Crippen molar-refractivity contribution in [3.05, 3.63) is 0 Å². The maximum Gasteiger partial charge on any atom is 0.326 e. The summed E-state index contributed by atoms with van der Waals surface area (Å²) in [6, 6.07) is -2.77. The van der Waals surface area contributed by atoms with E-state index in [2.05, 4.69) is 20.9 Å². The summed E-state index contributed by atoms with van der Waals surface area (Å²) in [7, 11) is 0. The number of guanidine groups is 1. The molecule has 0 saturated heterocycles. The summed E-state index contributed by atoms with van der Waals surface area (Å²) in [5.41, 5.74) is 16.3. The van der Waals surface area contributed by atoms with Gasteiger partial charge in [-0.05, 0) is 31.1 Å². The van der Waals surface area contributed by atoms with Crippen molar-refractivity contribution in [2.45, 2.75) is 65.1 Å². The van der Waals surface area contributed by atoms with Gasteiger partial charge < -0.3 is 38.3 Å². The first-order chi connectivity index (χ1) is 14.3. The number of carbonyl (C=O) groups is 4. The van der Waals surface area contributed by atoms with Gasteiger partial charge in [-0.25, -0.2) is 4.79 Å². The lowest BCUT2D eigenvalue weighted by molar-refractivity contribution is -0.142. The molecule has 0 radical (unpaired) electrons. The lowest BCUT2D eigenvalue weighted by atomic mass is 10.0. The first kappa shape index (κ1) is 28.1. The summed E-state index contributed by atoms with van der Waals surface area (Å²) in [5.74, 6) is -3.02. The van der Waals surface area contributed by atoms with Crippen LogP contribution in [0.15, 0.2) is 4.99 Å². The van der Waals surface area contributed by atoms with E-state index in [1.165, 1.54) is 0 Å². The van der Waals surface area contributed by atoms with Crippen molar-refractivity contribution in [1.29, 1.82) is 0 Å². The van der Waals surface area contributed by atoms with Crippen molar-refractivity contribution in [2.75, 3.05) is 13.1 Å². The van der Waals surface area contributed by atoms with Crippen LogP contribution < -0.4 is 33.2 Å². The molecule has 0 spiro atoms. The molecule has 10 N–H and O–H groups in total. The van der Waals surface area contributed by atoms with E-state index in [1.54, 1.807) is 13.8 Å². The van der Waals surface area contributed by atoms with E-state index in [4.69, 9.17) is 17.2 Å². The SMILES string of the molecule is CC(C)CC(N)C(=O)NC(C(=O)NCC(=O)NC(CCCN=C(N)N)C(=O)O)C(C)C. The van der Waals surface area contributed by atoms with E-state index >= 15 is 0 Å². The second-order valence-electron chi connectivity index (χ2n) is 8.09. The Labute approximate surface area is 182 Å². The lowest BCUT2D eigenvalue weighted by Crippen LogP contribution is -2.55. The predicted octanol–water partition coefficient (Wildman–Crippen LogP) is -1.76. The monoisotopic (exact) mass is 443 g/mol. The molecule has 12 heteroatoms. The maximum atomic E-state index is 12.5. The van der Waals surface area contributed by atoms with Gasteiger partial charge in [0.2, 0.25) is 17.7 Å². The Balaban J connectivity index is 4.71. The van der Waals surface area contributed by atoms with Crippen LogP contribution in [0.5, 0.6) is 0 Å². The van der Waals surface area contributed by atoms with Crippen molar-refractivity contribution < 1.29 is 24.3 Å².